The summed E-state index contributed by atoms with van der Waals surface area (Å²) in [7, 11) is 0. The molecule has 0 aromatic rings. The van der Waals surface area contributed by atoms with E-state index in [2.05, 4.69) is 92.1 Å². The summed E-state index contributed by atoms with van der Waals surface area (Å²) in [5.74, 6) is -0.0798. The van der Waals surface area contributed by atoms with Crippen molar-refractivity contribution in [1.82, 2.24) is 5.32 Å². The molecule has 59 heavy (non-hydrogen) atoms. The van der Waals surface area contributed by atoms with Gasteiger partial charge in [0.05, 0.1) is 18.8 Å². The highest BCUT2D eigenvalue weighted by molar-refractivity contribution is 5.76. The summed E-state index contributed by atoms with van der Waals surface area (Å²) >= 11 is 0. The van der Waals surface area contributed by atoms with Gasteiger partial charge in [-0.25, -0.2) is 0 Å². The zero-order chi connectivity index (χ0) is 42.8. The van der Waals surface area contributed by atoms with Crippen LogP contribution in [0.25, 0.3) is 0 Å². The van der Waals surface area contributed by atoms with Crippen LogP contribution in [0.15, 0.2) is 85.1 Å². The summed E-state index contributed by atoms with van der Waals surface area (Å²) < 4.78 is 0. The van der Waals surface area contributed by atoms with Crippen molar-refractivity contribution >= 4 is 5.91 Å². The molecule has 4 nitrogen and oxygen atoms in total. The van der Waals surface area contributed by atoms with E-state index in [9.17, 15) is 15.0 Å². The Hall–Kier alpha value is -2.43. The van der Waals surface area contributed by atoms with Gasteiger partial charge in [-0.3, -0.25) is 4.79 Å². The molecular weight excluding hydrogens is 723 g/mol. The van der Waals surface area contributed by atoms with E-state index in [0.29, 0.717) is 6.42 Å². The molecule has 0 aromatic carbocycles. The molecule has 0 aliphatic heterocycles. The highest BCUT2D eigenvalue weighted by Crippen LogP contribution is 2.16. The van der Waals surface area contributed by atoms with Crippen molar-refractivity contribution in [3.8, 4) is 0 Å². The average molecular weight is 820 g/mol. The number of carbonyl (C=O) groups excluding carboxylic acids is 1. The molecule has 2 atom stereocenters. The first-order valence-corrected chi connectivity index (χ1v) is 25.3. The maximum atomic E-state index is 12.4. The predicted octanol–water partition coefficient (Wildman–Crippen LogP) is 16.4. The van der Waals surface area contributed by atoms with E-state index in [1.807, 2.05) is 6.08 Å². The van der Waals surface area contributed by atoms with Gasteiger partial charge >= 0.3 is 0 Å². The van der Waals surface area contributed by atoms with Gasteiger partial charge in [-0.1, -0.05) is 240 Å². The van der Waals surface area contributed by atoms with E-state index in [4.69, 9.17) is 0 Å². The maximum Gasteiger partial charge on any atom is 0.220 e. The molecule has 340 valence electrons. The van der Waals surface area contributed by atoms with Crippen LogP contribution in [0.1, 0.15) is 239 Å². The summed E-state index contributed by atoms with van der Waals surface area (Å²) in [6.07, 6.45) is 73.2. The lowest BCUT2D eigenvalue weighted by molar-refractivity contribution is -0.123. The maximum absolute atomic E-state index is 12.4. The molecular formula is C55H97NO3. The molecule has 2 unspecified atom stereocenters. The molecule has 0 saturated heterocycles. The van der Waals surface area contributed by atoms with Gasteiger partial charge in [0, 0.05) is 6.42 Å². The molecule has 4 heteroatoms. The van der Waals surface area contributed by atoms with Gasteiger partial charge in [0.25, 0.3) is 0 Å². The fourth-order valence-corrected chi connectivity index (χ4v) is 7.33. The number of aliphatic hydroxyl groups is 2. The van der Waals surface area contributed by atoms with E-state index in [0.717, 1.165) is 70.6 Å². The standard InChI is InChI=1S/C55H97NO3/c1-3-5-7-9-11-13-15-16-17-18-19-20-21-22-23-24-25-26-27-28-29-30-31-32-33-34-35-36-37-38-39-40-41-43-45-47-49-51-55(59)56-53(52-57)54(58)50-48-46-44-42-14-12-10-8-6-4-2/h5-8,11,13-14,16-17,19-20,42,48,50,53-54,57-58H,3-4,9-10,12,15,18,21-41,43-47,49,51-52H2,1-2H3,(H,56,59)/b7-5-,8-6+,13-11-,17-16-,20-19-,42-14+,50-48+. The van der Waals surface area contributed by atoms with Gasteiger partial charge in [-0.2, -0.15) is 0 Å². The summed E-state index contributed by atoms with van der Waals surface area (Å²) in [6.45, 7) is 4.06. The number of allylic oxidation sites excluding steroid dienone is 13. The Kier molecular flexibility index (Phi) is 47.9. The Morgan fingerprint density at radius 2 is 0.712 bits per heavy atom. The van der Waals surface area contributed by atoms with Crippen molar-refractivity contribution in [2.24, 2.45) is 0 Å². The first-order valence-electron chi connectivity index (χ1n) is 25.3. The third kappa shape index (κ3) is 46.5. The summed E-state index contributed by atoms with van der Waals surface area (Å²) in [5, 5.41) is 22.9. The number of hydrogen-bond acceptors (Lipinski definition) is 3. The van der Waals surface area contributed by atoms with Gasteiger partial charge in [0.1, 0.15) is 0 Å². The summed E-state index contributed by atoms with van der Waals surface area (Å²) in [6, 6.07) is -0.645. The van der Waals surface area contributed by atoms with Gasteiger partial charge < -0.3 is 15.5 Å². The quantitative estimate of drug-likeness (QED) is 0.0423. The molecule has 1 amide bonds. The molecule has 0 spiro atoms. The number of rotatable bonds is 45. The molecule has 0 radical (unpaired) electrons. The molecule has 0 heterocycles. The fourth-order valence-electron chi connectivity index (χ4n) is 7.33. The molecule has 0 fully saturated rings. The Labute approximate surface area is 367 Å². The lowest BCUT2D eigenvalue weighted by Crippen LogP contribution is -2.45. The Bertz CT molecular complexity index is 1070. The topological polar surface area (TPSA) is 69.6 Å². The number of amides is 1. The minimum atomic E-state index is -0.869. The minimum Gasteiger partial charge on any atom is -0.394 e. The first-order chi connectivity index (χ1) is 29.2. The number of aliphatic hydroxyl groups excluding tert-OH is 2. The van der Waals surface area contributed by atoms with Crippen LogP contribution in [0.2, 0.25) is 0 Å². The predicted molar refractivity (Wildman–Crippen MR) is 262 cm³/mol. The van der Waals surface area contributed by atoms with Crippen LogP contribution in [0, 0.1) is 0 Å². The molecule has 0 bridgehead atoms. The van der Waals surface area contributed by atoms with Crippen LogP contribution in [-0.4, -0.2) is 34.9 Å². The van der Waals surface area contributed by atoms with Crippen LogP contribution in [0.3, 0.4) is 0 Å². The second-order valence-electron chi connectivity index (χ2n) is 16.8. The number of carbonyl (C=O) groups is 1. The normalized spacial score (nSPS) is 13.6. The van der Waals surface area contributed by atoms with Crippen molar-refractivity contribution in [2.45, 2.75) is 251 Å². The SMILES string of the molecule is CC/C=C\C/C=C\C/C=C\C/C=C\CCCCCCCCCCCCCCCCCCCCCCCCCCC(=O)NC(CO)C(O)/C=C/CC/C=C/CC/C=C/CC. The van der Waals surface area contributed by atoms with E-state index >= 15 is 0 Å². The van der Waals surface area contributed by atoms with Crippen LogP contribution in [-0.2, 0) is 4.79 Å². The largest absolute Gasteiger partial charge is 0.394 e. The van der Waals surface area contributed by atoms with Crippen LogP contribution in [0.4, 0.5) is 0 Å². The zero-order valence-corrected chi connectivity index (χ0v) is 39.0. The van der Waals surface area contributed by atoms with Gasteiger partial charge in [0.2, 0.25) is 5.91 Å². The van der Waals surface area contributed by atoms with Gasteiger partial charge in [-0.05, 0) is 77.0 Å². The molecule has 0 aliphatic carbocycles. The van der Waals surface area contributed by atoms with E-state index < -0.39 is 12.1 Å². The van der Waals surface area contributed by atoms with E-state index in [1.165, 1.54) is 148 Å². The second kappa shape index (κ2) is 49.9. The summed E-state index contributed by atoms with van der Waals surface area (Å²) in [5.41, 5.74) is 0. The van der Waals surface area contributed by atoms with Crippen molar-refractivity contribution in [3.05, 3.63) is 85.1 Å². The highest BCUT2D eigenvalue weighted by atomic mass is 16.3. The van der Waals surface area contributed by atoms with Crippen molar-refractivity contribution < 1.29 is 15.0 Å². The Morgan fingerprint density at radius 3 is 1.12 bits per heavy atom. The third-order valence-electron chi connectivity index (χ3n) is 11.1. The molecule has 3 N–H and O–H groups in total. The number of nitrogens with one attached hydrogen (secondary N) is 1. The number of hydrogen-bond donors (Lipinski definition) is 3. The highest BCUT2D eigenvalue weighted by Gasteiger charge is 2.17. The fraction of sp³-hybridized carbons (Fsp3) is 0.727. The van der Waals surface area contributed by atoms with Gasteiger partial charge in [-0.15, -0.1) is 0 Å². The van der Waals surface area contributed by atoms with Crippen molar-refractivity contribution in [2.75, 3.05) is 6.61 Å². The molecule has 0 saturated carbocycles. The smallest absolute Gasteiger partial charge is 0.220 e. The van der Waals surface area contributed by atoms with Crippen LogP contribution < -0.4 is 5.32 Å². The third-order valence-corrected chi connectivity index (χ3v) is 11.1. The summed E-state index contributed by atoms with van der Waals surface area (Å²) in [4.78, 5) is 12.4. The van der Waals surface area contributed by atoms with Crippen molar-refractivity contribution in [3.63, 3.8) is 0 Å². The average Bonchev–Trinajstić information content (AvgIpc) is 3.24. The zero-order valence-electron chi connectivity index (χ0n) is 39.0. The van der Waals surface area contributed by atoms with Crippen molar-refractivity contribution in [1.29, 1.82) is 0 Å². The van der Waals surface area contributed by atoms with Crippen LogP contribution in [0.5, 0.6) is 0 Å². The molecule has 0 rings (SSSR count). The molecule has 0 aliphatic rings. The van der Waals surface area contributed by atoms with E-state index in [1.54, 1.807) is 6.08 Å². The minimum absolute atomic E-state index is 0.0798. The lowest BCUT2D eigenvalue weighted by atomic mass is 10.0. The molecule has 0 aromatic heterocycles. The number of unbranched alkanes of at least 4 members (excludes halogenated alkanes) is 26. The first kappa shape index (κ1) is 56.6. The monoisotopic (exact) mass is 820 g/mol. The lowest BCUT2D eigenvalue weighted by Gasteiger charge is -2.19. The Balaban J connectivity index is 3.41. The van der Waals surface area contributed by atoms with Gasteiger partial charge in [0.15, 0.2) is 0 Å². The Morgan fingerprint density at radius 1 is 0.407 bits per heavy atom. The second-order valence-corrected chi connectivity index (χ2v) is 16.8. The van der Waals surface area contributed by atoms with Crippen LogP contribution >= 0.6 is 0 Å². The van der Waals surface area contributed by atoms with E-state index in [-0.39, 0.29) is 12.5 Å².